The number of amidine groups is 1. The molecule has 0 fully saturated rings. The Hall–Kier alpha value is -1.26. The van der Waals surface area contributed by atoms with Gasteiger partial charge in [-0.15, -0.1) is 0 Å². The van der Waals surface area contributed by atoms with Gasteiger partial charge >= 0.3 is 0 Å². The maximum Gasteiger partial charge on any atom is 0.161 e. The van der Waals surface area contributed by atoms with Gasteiger partial charge in [-0.1, -0.05) is 54.2 Å². The fourth-order valence-corrected chi connectivity index (χ4v) is 3.38. The van der Waals surface area contributed by atoms with E-state index in [2.05, 4.69) is 50.5 Å². The van der Waals surface area contributed by atoms with Crippen molar-refractivity contribution in [3.8, 4) is 0 Å². The highest BCUT2D eigenvalue weighted by Gasteiger charge is 2.21. The lowest BCUT2D eigenvalue weighted by molar-refractivity contribution is 0.966. The number of aliphatic imine (C=N–C) groups is 1. The number of hydrogen-bond acceptors (Lipinski definition) is 3. The minimum atomic E-state index is 0.422. The van der Waals surface area contributed by atoms with Gasteiger partial charge in [0.15, 0.2) is 5.17 Å². The number of hydrogen-bond donors (Lipinski definition) is 1. The summed E-state index contributed by atoms with van der Waals surface area (Å²) in [6.45, 7) is 0.835. The van der Waals surface area contributed by atoms with Crippen LogP contribution in [0.25, 0.3) is 0 Å². The maximum absolute atomic E-state index is 4.58. The van der Waals surface area contributed by atoms with Gasteiger partial charge in [-0.05, 0) is 33.6 Å². The van der Waals surface area contributed by atoms with E-state index in [0.717, 1.165) is 21.9 Å². The molecule has 4 heteroatoms. The van der Waals surface area contributed by atoms with Gasteiger partial charge in [0.2, 0.25) is 0 Å². The summed E-state index contributed by atoms with van der Waals surface area (Å²) in [4.78, 5) is 4.58. The van der Waals surface area contributed by atoms with Crippen LogP contribution >= 0.6 is 27.7 Å². The molecule has 1 aliphatic rings. The molecule has 0 saturated carbocycles. The highest BCUT2D eigenvalue weighted by Crippen LogP contribution is 2.36. The number of thioether (sulfide) groups is 1. The third-order valence-corrected chi connectivity index (χ3v) is 4.79. The topological polar surface area (TPSA) is 24.4 Å². The lowest BCUT2D eigenvalue weighted by Crippen LogP contribution is -2.05. The largest absolute Gasteiger partial charge is 0.334 e. The van der Waals surface area contributed by atoms with Gasteiger partial charge in [0, 0.05) is 4.47 Å². The van der Waals surface area contributed by atoms with Gasteiger partial charge < -0.3 is 5.32 Å². The van der Waals surface area contributed by atoms with Crippen molar-refractivity contribution >= 4 is 38.5 Å². The first-order valence-corrected chi connectivity index (χ1v) is 7.78. The number of nitrogens with zero attached hydrogens (tertiary/aromatic N) is 1. The Kier molecular flexibility index (Phi) is 3.89. The lowest BCUT2D eigenvalue weighted by atomic mass is 10.1. The monoisotopic (exact) mass is 332 g/mol. The normalized spacial score (nSPS) is 18.2. The maximum atomic E-state index is 4.58. The summed E-state index contributed by atoms with van der Waals surface area (Å²) in [6.07, 6.45) is 0. The fourth-order valence-electron chi connectivity index (χ4n) is 1.96. The summed E-state index contributed by atoms with van der Waals surface area (Å²) in [6, 6.07) is 18.6. The van der Waals surface area contributed by atoms with E-state index in [-0.39, 0.29) is 0 Å². The highest BCUT2D eigenvalue weighted by molar-refractivity contribution is 9.10. The molecule has 1 aliphatic heterocycles. The van der Waals surface area contributed by atoms with E-state index in [0.29, 0.717) is 5.25 Å². The number of rotatable bonds is 2. The van der Waals surface area contributed by atoms with Gasteiger partial charge in [-0.2, -0.15) is 0 Å². The molecule has 1 heterocycles. The second-order valence-corrected chi connectivity index (χ2v) is 6.31. The standard InChI is InChI=1S/C15H13BrN2S/c16-12-8-4-5-9-13(12)18-15-17-10-14(19-15)11-6-2-1-3-7-11/h1-9,14H,10H2,(H,17,18). The molecule has 0 aliphatic carbocycles. The van der Waals surface area contributed by atoms with Gasteiger partial charge in [0.05, 0.1) is 17.5 Å². The Morgan fingerprint density at radius 3 is 2.58 bits per heavy atom. The molecule has 0 aromatic heterocycles. The second kappa shape index (κ2) is 5.80. The van der Waals surface area contributed by atoms with Crippen molar-refractivity contribution < 1.29 is 0 Å². The Labute approximate surface area is 125 Å². The van der Waals surface area contributed by atoms with Crippen molar-refractivity contribution in [1.82, 2.24) is 0 Å². The highest BCUT2D eigenvalue weighted by atomic mass is 79.9. The number of nitrogens with one attached hydrogen (secondary N) is 1. The van der Waals surface area contributed by atoms with Crippen LogP contribution in [0.4, 0.5) is 5.69 Å². The van der Waals surface area contributed by atoms with E-state index in [1.807, 2.05) is 30.3 Å². The van der Waals surface area contributed by atoms with Crippen LogP contribution in [-0.2, 0) is 0 Å². The molecule has 0 amide bonds. The molecular formula is C15H13BrN2S. The van der Waals surface area contributed by atoms with Crippen LogP contribution in [0.15, 0.2) is 64.1 Å². The summed E-state index contributed by atoms with van der Waals surface area (Å²) in [5, 5.41) is 4.78. The molecule has 19 heavy (non-hydrogen) atoms. The average molecular weight is 333 g/mol. The lowest BCUT2D eigenvalue weighted by Gasteiger charge is -2.10. The fraction of sp³-hybridized carbons (Fsp3) is 0.133. The first kappa shape index (κ1) is 12.8. The number of halogens is 1. The summed E-state index contributed by atoms with van der Waals surface area (Å²) in [5.41, 5.74) is 2.39. The van der Waals surface area contributed by atoms with E-state index in [4.69, 9.17) is 0 Å². The van der Waals surface area contributed by atoms with Crippen LogP contribution < -0.4 is 5.32 Å². The first-order valence-electron chi connectivity index (χ1n) is 6.10. The predicted octanol–water partition coefficient (Wildman–Crippen LogP) is 4.71. The SMILES string of the molecule is Brc1ccccc1NC1=NCC(c2ccccc2)S1. The van der Waals surface area contributed by atoms with Gasteiger partial charge in [-0.3, -0.25) is 4.99 Å². The molecule has 0 bridgehead atoms. The van der Waals surface area contributed by atoms with E-state index in [1.165, 1.54) is 5.56 Å². The molecule has 0 spiro atoms. The first-order chi connectivity index (χ1) is 9.33. The molecule has 1 unspecified atom stereocenters. The minimum Gasteiger partial charge on any atom is -0.334 e. The molecule has 0 radical (unpaired) electrons. The van der Waals surface area contributed by atoms with E-state index in [9.17, 15) is 0 Å². The zero-order valence-electron chi connectivity index (χ0n) is 10.2. The minimum absolute atomic E-state index is 0.422. The van der Waals surface area contributed by atoms with Gasteiger partial charge in [0.1, 0.15) is 0 Å². The van der Waals surface area contributed by atoms with Crippen molar-refractivity contribution in [1.29, 1.82) is 0 Å². The second-order valence-electron chi connectivity index (χ2n) is 4.27. The van der Waals surface area contributed by atoms with Crippen LogP contribution in [0.3, 0.4) is 0 Å². The average Bonchev–Trinajstić information content (AvgIpc) is 2.91. The Morgan fingerprint density at radius 1 is 1.05 bits per heavy atom. The molecule has 3 rings (SSSR count). The molecule has 0 saturated heterocycles. The van der Waals surface area contributed by atoms with Crippen molar-refractivity contribution in [2.75, 3.05) is 11.9 Å². The van der Waals surface area contributed by atoms with Crippen molar-refractivity contribution in [2.45, 2.75) is 5.25 Å². The van der Waals surface area contributed by atoms with Crippen molar-refractivity contribution in [2.24, 2.45) is 4.99 Å². The van der Waals surface area contributed by atoms with Crippen LogP contribution in [-0.4, -0.2) is 11.7 Å². The van der Waals surface area contributed by atoms with Gasteiger partial charge in [0.25, 0.3) is 0 Å². The zero-order chi connectivity index (χ0) is 13.1. The molecule has 1 N–H and O–H groups in total. The van der Waals surface area contributed by atoms with Crippen LogP contribution in [0.5, 0.6) is 0 Å². The molecule has 1 atom stereocenters. The van der Waals surface area contributed by atoms with E-state index >= 15 is 0 Å². The summed E-state index contributed by atoms with van der Waals surface area (Å²) < 4.78 is 1.06. The summed E-state index contributed by atoms with van der Waals surface area (Å²) in [7, 11) is 0. The Bertz CT molecular complexity index is 598. The number of para-hydroxylation sites is 1. The van der Waals surface area contributed by atoms with E-state index in [1.54, 1.807) is 11.8 Å². The molecule has 2 aromatic rings. The molecule has 2 nitrogen and oxygen atoms in total. The van der Waals surface area contributed by atoms with Crippen LogP contribution in [0.1, 0.15) is 10.8 Å². The smallest absolute Gasteiger partial charge is 0.161 e. The van der Waals surface area contributed by atoms with E-state index < -0.39 is 0 Å². The third-order valence-electron chi connectivity index (χ3n) is 2.94. The van der Waals surface area contributed by atoms with Gasteiger partial charge in [-0.25, -0.2) is 0 Å². The molecule has 96 valence electrons. The summed E-state index contributed by atoms with van der Waals surface area (Å²) in [5.74, 6) is 0. The number of benzene rings is 2. The Balaban J connectivity index is 1.68. The predicted molar refractivity (Wildman–Crippen MR) is 86.8 cm³/mol. The van der Waals surface area contributed by atoms with Crippen LogP contribution in [0.2, 0.25) is 0 Å². The molecular weight excluding hydrogens is 320 g/mol. The van der Waals surface area contributed by atoms with Crippen LogP contribution in [0, 0.1) is 0 Å². The third kappa shape index (κ3) is 3.01. The van der Waals surface area contributed by atoms with Crippen molar-refractivity contribution in [3.05, 3.63) is 64.6 Å². The zero-order valence-corrected chi connectivity index (χ0v) is 12.6. The number of anilines is 1. The quantitative estimate of drug-likeness (QED) is 0.861. The molecule has 2 aromatic carbocycles. The summed E-state index contributed by atoms with van der Waals surface area (Å²) >= 11 is 5.32. The Morgan fingerprint density at radius 2 is 1.79 bits per heavy atom. The van der Waals surface area contributed by atoms with Crippen molar-refractivity contribution in [3.63, 3.8) is 0 Å².